The van der Waals surface area contributed by atoms with Crippen molar-refractivity contribution in [2.75, 3.05) is 43.4 Å². The fourth-order valence-electron chi connectivity index (χ4n) is 1.74. The second-order valence-corrected chi connectivity index (χ2v) is 4.21. The van der Waals surface area contributed by atoms with Gasteiger partial charge in [0.1, 0.15) is 5.82 Å². The molecular formula is C13H25N5. The van der Waals surface area contributed by atoms with Crippen molar-refractivity contribution in [3.63, 3.8) is 0 Å². The Balaban J connectivity index is 2.52. The van der Waals surface area contributed by atoms with Gasteiger partial charge in [0.25, 0.3) is 0 Å². The maximum atomic E-state index is 4.46. The summed E-state index contributed by atoms with van der Waals surface area (Å²) >= 11 is 0. The summed E-state index contributed by atoms with van der Waals surface area (Å²) in [5.74, 6) is 1.61. The quantitative estimate of drug-likeness (QED) is 0.740. The molecule has 0 bridgehead atoms. The smallest absolute Gasteiger partial charge is 0.224 e. The molecule has 5 heteroatoms. The summed E-state index contributed by atoms with van der Waals surface area (Å²) in [5, 5.41) is 6.50. The van der Waals surface area contributed by atoms with Crippen molar-refractivity contribution < 1.29 is 0 Å². The lowest BCUT2D eigenvalue weighted by atomic mass is 10.3. The Morgan fingerprint density at radius 1 is 1.17 bits per heavy atom. The number of hydrogen-bond acceptors (Lipinski definition) is 5. The molecule has 0 aromatic carbocycles. The van der Waals surface area contributed by atoms with Gasteiger partial charge in [-0.3, -0.25) is 0 Å². The molecule has 18 heavy (non-hydrogen) atoms. The second-order valence-electron chi connectivity index (χ2n) is 4.21. The Bertz CT molecular complexity index is 349. The van der Waals surface area contributed by atoms with E-state index < -0.39 is 0 Å². The first-order chi connectivity index (χ1) is 8.71. The summed E-state index contributed by atoms with van der Waals surface area (Å²) in [7, 11) is 0. The van der Waals surface area contributed by atoms with E-state index >= 15 is 0 Å². The van der Waals surface area contributed by atoms with Crippen LogP contribution in [-0.2, 0) is 0 Å². The zero-order chi connectivity index (χ0) is 13.4. The lowest BCUT2D eigenvalue weighted by Gasteiger charge is -2.18. The van der Waals surface area contributed by atoms with Crippen LogP contribution in [0.4, 0.5) is 11.8 Å². The minimum Gasteiger partial charge on any atom is -0.368 e. The minimum absolute atomic E-state index is 0.688. The van der Waals surface area contributed by atoms with Crippen molar-refractivity contribution in [3.8, 4) is 0 Å². The highest BCUT2D eigenvalue weighted by atomic mass is 15.2. The van der Waals surface area contributed by atoms with Crippen molar-refractivity contribution in [2.24, 2.45) is 0 Å². The number of nitrogens with one attached hydrogen (secondary N) is 2. The van der Waals surface area contributed by atoms with Crippen molar-refractivity contribution in [2.45, 2.75) is 27.7 Å². The molecule has 102 valence electrons. The van der Waals surface area contributed by atoms with E-state index in [0.29, 0.717) is 5.95 Å². The van der Waals surface area contributed by atoms with Gasteiger partial charge in [-0.2, -0.15) is 4.98 Å². The number of aromatic nitrogens is 2. The minimum atomic E-state index is 0.688. The third-order valence-corrected chi connectivity index (χ3v) is 2.92. The first-order valence-electron chi connectivity index (χ1n) is 6.74. The third-order valence-electron chi connectivity index (χ3n) is 2.92. The lowest BCUT2D eigenvalue weighted by molar-refractivity contribution is 0.316. The van der Waals surface area contributed by atoms with Crippen LogP contribution in [0.1, 0.15) is 26.3 Å². The summed E-state index contributed by atoms with van der Waals surface area (Å²) in [5.41, 5.74) is 1.08. The summed E-state index contributed by atoms with van der Waals surface area (Å²) in [6.07, 6.45) is 1.85. The van der Waals surface area contributed by atoms with Crippen LogP contribution >= 0.6 is 0 Å². The van der Waals surface area contributed by atoms with Gasteiger partial charge in [0, 0.05) is 31.4 Å². The van der Waals surface area contributed by atoms with Gasteiger partial charge in [-0.25, -0.2) is 4.98 Å². The van der Waals surface area contributed by atoms with Crippen LogP contribution in [0, 0.1) is 6.92 Å². The SMILES string of the molecule is CCNc1ncc(C)c(NCCN(CC)CC)n1. The number of anilines is 2. The van der Waals surface area contributed by atoms with Crippen LogP contribution in [0.2, 0.25) is 0 Å². The average Bonchev–Trinajstić information content (AvgIpc) is 2.38. The first-order valence-corrected chi connectivity index (χ1v) is 6.74. The van der Waals surface area contributed by atoms with E-state index in [-0.39, 0.29) is 0 Å². The van der Waals surface area contributed by atoms with Crippen LogP contribution in [0.15, 0.2) is 6.20 Å². The maximum absolute atomic E-state index is 4.46. The molecule has 0 spiro atoms. The molecule has 1 heterocycles. The molecule has 0 amide bonds. The molecule has 0 unspecified atom stereocenters. The standard InChI is InChI=1S/C13H25N5/c1-5-14-13-16-10-11(4)12(17-13)15-8-9-18(6-2)7-3/h10H,5-9H2,1-4H3,(H2,14,15,16,17). The van der Waals surface area contributed by atoms with Gasteiger partial charge in [-0.05, 0) is 26.9 Å². The molecule has 1 aromatic heterocycles. The molecule has 2 N–H and O–H groups in total. The van der Waals surface area contributed by atoms with Crippen molar-refractivity contribution in [1.82, 2.24) is 14.9 Å². The molecule has 0 aliphatic rings. The summed E-state index contributed by atoms with van der Waals surface area (Å²) < 4.78 is 0. The fraction of sp³-hybridized carbons (Fsp3) is 0.692. The van der Waals surface area contributed by atoms with E-state index in [2.05, 4.69) is 39.3 Å². The highest BCUT2D eigenvalue weighted by Gasteiger charge is 2.04. The molecule has 0 aliphatic heterocycles. The number of aryl methyl sites for hydroxylation is 1. The van der Waals surface area contributed by atoms with Gasteiger partial charge in [0.2, 0.25) is 5.95 Å². The molecular weight excluding hydrogens is 226 g/mol. The second kappa shape index (κ2) is 7.87. The number of rotatable bonds is 8. The van der Waals surface area contributed by atoms with Crippen molar-refractivity contribution in [3.05, 3.63) is 11.8 Å². The fourth-order valence-corrected chi connectivity index (χ4v) is 1.74. The maximum Gasteiger partial charge on any atom is 0.224 e. The largest absolute Gasteiger partial charge is 0.368 e. The summed E-state index contributed by atoms with van der Waals surface area (Å²) in [4.78, 5) is 11.1. The van der Waals surface area contributed by atoms with E-state index in [4.69, 9.17) is 0 Å². The predicted molar refractivity (Wildman–Crippen MR) is 77.2 cm³/mol. The monoisotopic (exact) mass is 251 g/mol. The first kappa shape index (κ1) is 14.7. The molecule has 1 rings (SSSR count). The summed E-state index contributed by atoms with van der Waals surface area (Å²) in [6.45, 7) is 13.4. The van der Waals surface area contributed by atoms with Crippen LogP contribution < -0.4 is 10.6 Å². The van der Waals surface area contributed by atoms with E-state index in [1.807, 2.05) is 20.0 Å². The Hall–Kier alpha value is -1.36. The van der Waals surface area contributed by atoms with E-state index in [1.165, 1.54) is 0 Å². The number of likely N-dealkylation sites (N-methyl/N-ethyl adjacent to an activating group) is 1. The van der Waals surface area contributed by atoms with Crippen LogP contribution in [0.3, 0.4) is 0 Å². The van der Waals surface area contributed by atoms with Crippen LogP contribution in [-0.4, -0.2) is 47.6 Å². The third kappa shape index (κ3) is 4.49. The Labute approximate surface area is 110 Å². The molecule has 0 aliphatic carbocycles. The molecule has 5 nitrogen and oxygen atoms in total. The van der Waals surface area contributed by atoms with Gasteiger partial charge in [-0.1, -0.05) is 13.8 Å². The number of nitrogens with zero attached hydrogens (tertiary/aromatic N) is 3. The predicted octanol–water partition coefficient (Wildman–Crippen LogP) is 1.97. The highest BCUT2D eigenvalue weighted by Crippen LogP contribution is 2.11. The van der Waals surface area contributed by atoms with Gasteiger partial charge < -0.3 is 15.5 Å². The molecule has 0 atom stereocenters. The zero-order valence-corrected chi connectivity index (χ0v) is 12.0. The average molecular weight is 251 g/mol. The normalized spacial score (nSPS) is 10.7. The Morgan fingerprint density at radius 2 is 1.89 bits per heavy atom. The highest BCUT2D eigenvalue weighted by molar-refractivity contribution is 5.46. The van der Waals surface area contributed by atoms with Gasteiger partial charge >= 0.3 is 0 Å². The van der Waals surface area contributed by atoms with Gasteiger partial charge in [-0.15, -0.1) is 0 Å². The molecule has 0 fully saturated rings. The molecule has 1 aromatic rings. The topological polar surface area (TPSA) is 53.1 Å². The van der Waals surface area contributed by atoms with Gasteiger partial charge in [0.15, 0.2) is 0 Å². The van der Waals surface area contributed by atoms with Crippen molar-refractivity contribution >= 4 is 11.8 Å². The van der Waals surface area contributed by atoms with E-state index in [1.54, 1.807) is 0 Å². The van der Waals surface area contributed by atoms with Crippen LogP contribution in [0.25, 0.3) is 0 Å². The van der Waals surface area contributed by atoms with Crippen LogP contribution in [0.5, 0.6) is 0 Å². The molecule has 0 saturated heterocycles. The van der Waals surface area contributed by atoms with Crippen molar-refractivity contribution in [1.29, 1.82) is 0 Å². The van der Waals surface area contributed by atoms with Gasteiger partial charge in [0.05, 0.1) is 0 Å². The lowest BCUT2D eigenvalue weighted by Crippen LogP contribution is -2.29. The Morgan fingerprint density at radius 3 is 2.50 bits per heavy atom. The molecule has 0 saturated carbocycles. The van der Waals surface area contributed by atoms with E-state index in [9.17, 15) is 0 Å². The number of hydrogen-bond donors (Lipinski definition) is 2. The Kier molecular flexibility index (Phi) is 6.43. The molecule has 0 radical (unpaired) electrons. The summed E-state index contributed by atoms with van der Waals surface area (Å²) in [6, 6.07) is 0. The van der Waals surface area contributed by atoms with E-state index in [0.717, 1.165) is 44.1 Å². The zero-order valence-electron chi connectivity index (χ0n) is 12.0.